The van der Waals surface area contributed by atoms with Crippen LogP contribution in [-0.2, 0) is 4.79 Å². The lowest BCUT2D eigenvalue weighted by Crippen LogP contribution is -2.33. The first-order valence-corrected chi connectivity index (χ1v) is 9.41. The van der Waals surface area contributed by atoms with Gasteiger partial charge >= 0.3 is 0 Å². The van der Waals surface area contributed by atoms with Crippen LogP contribution < -0.4 is 14.8 Å². The second kappa shape index (κ2) is 8.56. The summed E-state index contributed by atoms with van der Waals surface area (Å²) in [4.78, 5) is 14.7. The standard InChI is InChI=1S/C20H23BrN2O3/c1-25-16-8-9-17(19(12-16)26-2)18-7-4-10-23(18)13-20(24)22-15-6-3-5-14(21)11-15/h3,5-6,8-9,11-12,18H,4,7,10,13H2,1-2H3,(H,22,24)/t18-/m0/s1. The van der Waals surface area contributed by atoms with Crippen molar-refractivity contribution >= 4 is 27.5 Å². The van der Waals surface area contributed by atoms with Crippen molar-refractivity contribution in [2.45, 2.75) is 18.9 Å². The molecule has 1 saturated heterocycles. The van der Waals surface area contributed by atoms with Crippen LogP contribution in [0.2, 0.25) is 0 Å². The maximum absolute atomic E-state index is 12.5. The van der Waals surface area contributed by atoms with E-state index < -0.39 is 0 Å². The second-order valence-corrected chi connectivity index (χ2v) is 7.21. The maximum Gasteiger partial charge on any atom is 0.238 e. The first-order chi connectivity index (χ1) is 12.6. The number of amides is 1. The number of likely N-dealkylation sites (tertiary alicyclic amines) is 1. The van der Waals surface area contributed by atoms with Crippen molar-refractivity contribution < 1.29 is 14.3 Å². The molecule has 2 aromatic rings. The molecule has 0 saturated carbocycles. The van der Waals surface area contributed by atoms with E-state index in [-0.39, 0.29) is 11.9 Å². The molecule has 0 unspecified atom stereocenters. The fourth-order valence-electron chi connectivity index (χ4n) is 3.41. The topological polar surface area (TPSA) is 50.8 Å². The number of hydrogen-bond donors (Lipinski definition) is 1. The van der Waals surface area contributed by atoms with Crippen LogP contribution in [0.15, 0.2) is 46.9 Å². The first kappa shape index (κ1) is 18.7. The molecule has 6 heteroatoms. The Bertz CT molecular complexity index is 781. The molecule has 26 heavy (non-hydrogen) atoms. The molecule has 1 atom stereocenters. The van der Waals surface area contributed by atoms with Crippen LogP contribution in [-0.4, -0.2) is 38.1 Å². The van der Waals surface area contributed by atoms with Crippen molar-refractivity contribution in [2.24, 2.45) is 0 Å². The number of rotatable bonds is 6. The highest BCUT2D eigenvalue weighted by atomic mass is 79.9. The molecule has 1 N–H and O–H groups in total. The highest BCUT2D eigenvalue weighted by Crippen LogP contribution is 2.38. The van der Waals surface area contributed by atoms with Crippen LogP contribution in [0.3, 0.4) is 0 Å². The predicted octanol–water partition coefficient (Wildman–Crippen LogP) is 4.24. The fraction of sp³-hybridized carbons (Fsp3) is 0.350. The Hall–Kier alpha value is -2.05. The first-order valence-electron chi connectivity index (χ1n) is 8.62. The highest BCUT2D eigenvalue weighted by Gasteiger charge is 2.29. The summed E-state index contributed by atoms with van der Waals surface area (Å²) in [6.45, 7) is 1.25. The predicted molar refractivity (Wildman–Crippen MR) is 106 cm³/mol. The van der Waals surface area contributed by atoms with Crippen LogP contribution >= 0.6 is 15.9 Å². The molecule has 1 amide bonds. The lowest BCUT2D eigenvalue weighted by molar-refractivity contribution is -0.117. The smallest absolute Gasteiger partial charge is 0.238 e. The zero-order chi connectivity index (χ0) is 18.5. The summed E-state index contributed by atoms with van der Waals surface area (Å²) in [7, 11) is 3.31. The van der Waals surface area contributed by atoms with E-state index in [1.165, 1.54) is 0 Å². The molecule has 3 rings (SSSR count). The fourth-order valence-corrected chi connectivity index (χ4v) is 3.81. The Labute approximate surface area is 162 Å². The number of halogens is 1. The summed E-state index contributed by atoms with van der Waals surface area (Å²) >= 11 is 3.42. The van der Waals surface area contributed by atoms with Gasteiger partial charge in [-0.15, -0.1) is 0 Å². The van der Waals surface area contributed by atoms with Gasteiger partial charge < -0.3 is 14.8 Å². The maximum atomic E-state index is 12.5. The number of hydrogen-bond acceptors (Lipinski definition) is 4. The third-order valence-electron chi connectivity index (χ3n) is 4.62. The van der Waals surface area contributed by atoms with Crippen LogP contribution in [0.4, 0.5) is 5.69 Å². The van der Waals surface area contributed by atoms with Crippen LogP contribution in [0.1, 0.15) is 24.4 Å². The van der Waals surface area contributed by atoms with Gasteiger partial charge in [0, 0.05) is 27.8 Å². The van der Waals surface area contributed by atoms with Gasteiger partial charge in [-0.05, 0) is 43.7 Å². The van der Waals surface area contributed by atoms with Crippen molar-refractivity contribution in [3.63, 3.8) is 0 Å². The van der Waals surface area contributed by atoms with Gasteiger partial charge in [0.2, 0.25) is 5.91 Å². The molecule has 0 spiro atoms. The van der Waals surface area contributed by atoms with Crippen LogP contribution in [0, 0.1) is 0 Å². The number of nitrogens with zero attached hydrogens (tertiary/aromatic N) is 1. The second-order valence-electron chi connectivity index (χ2n) is 6.29. The Morgan fingerprint density at radius 2 is 2.08 bits per heavy atom. The lowest BCUT2D eigenvalue weighted by Gasteiger charge is -2.26. The van der Waals surface area contributed by atoms with E-state index in [9.17, 15) is 4.79 Å². The summed E-state index contributed by atoms with van der Waals surface area (Å²) in [6, 6.07) is 13.7. The van der Waals surface area contributed by atoms with E-state index in [0.29, 0.717) is 6.54 Å². The molecule has 1 fully saturated rings. The molecule has 0 bridgehead atoms. The monoisotopic (exact) mass is 418 g/mol. The molecule has 138 valence electrons. The number of anilines is 1. The minimum Gasteiger partial charge on any atom is -0.497 e. The van der Waals surface area contributed by atoms with E-state index >= 15 is 0 Å². The molecule has 1 heterocycles. The lowest BCUT2D eigenvalue weighted by atomic mass is 10.0. The van der Waals surface area contributed by atoms with Gasteiger partial charge in [-0.1, -0.05) is 28.1 Å². The summed E-state index contributed by atoms with van der Waals surface area (Å²) in [5.41, 5.74) is 1.89. The van der Waals surface area contributed by atoms with Crippen molar-refractivity contribution in [3.05, 3.63) is 52.5 Å². The van der Waals surface area contributed by atoms with E-state index in [1.807, 2.05) is 42.5 Å². The van der Waals surface area contributed by atoms with Gasteiger partial charge in [0.15, 0.2) is 0 Å². The molecule has 1 aliphatic heterocycles. The Morgan fingerprint density at radius 1 is 1.23 bits per heavy atom. The Balaban J connectivity index is 1.71. The van der Waals surface area contributed by atoms with Gasteiger partial charge in [-0.2, -0.15) is 0 Å². The van der Waals surface area contributed by atoms with Gasteiger partial charge in [0.05, 0.1) is 20.8 Å². The normalized spacial score (nSPS) is 17.1. The molecule has 0 aromatic heterocycles. The zero-order valence-electron chi connectivity index (χ0n) is 15.0. The third-order valence-corrected chi connectivity index (χ3v) is 5.11. The number of nitrogens with one attached hydrogen (secondary N) is 1. The molecule has 2 aromatic carbocycles. The van der Waals surface area contributed by atoms with Gasteiger partial charge in [-0.3, -0.25) is 9.69 Å². The van der Waals surface area contributed by atoms with E-state index in [0.717, 1.165) is 46.6 Å². The van der Waals surface area contributed by atoms with Crippen LogP contribution in [0.5, 0.6) is 11.5 Å². The summed E-state index contributed by atoms with van der Waals surface area (Å²) < 4.78 is 11.8. The quantitative estimate of drug-likeness (QED) is 0.761. The van der Waals surface area contributed by atoms with Crippen molar-refractivity contribution in [1.29, 1.82) is 0 Å². The van der Waals surface area contributed by atoms with Crippen molar-refractivity contribution in [2.75, 3.05) is 32.6 Å². The zero-order valence-corrected chi connectivity index (χ0v) is 16.6. The van der Waals surface area contributed by atoms with Gasteiger partial charge in [-0.25, -0.2) is 0 Å². The van der Waals surface area contributed by atoms with Crippen molar-refractivity contribution in [3.8, 4) is 11.5 Å². The molecule has 0 radical (unpaired) electrons. The van der Waals surface area contributed by atoms with Gasteiger partial charge in [0.1, 0.15) is 11.5 Å². The number of benzene rings is 2. The van der Waals surface area contributed by atoms with Crippen LogP contribution in [0.25, 0.3) is 0 Å². The van der Waals surface area contributed by atoms with E-state index in [4.69, 9.17) is 9.47 Å². The van der Waals surface area contributed by atoms with Crippen molar-refractivity contribution in [1.82, 2.24) is 4.90 Å². The molecule has 0 aliphatic carbocycles. The SMILES string of the molecule is COc1ccc([C@@H]2CCCN2CC(=O)Nc2cccc(Br)c2)c(OC)c1. The van der Waals surface area contributed by atoms with E-state index in [1.54, 1.807) is 14.2 Å². The summed E-state index contributed by atoms with van der Waals surface area (Å²) in [6.07, 6.45) is 2.07. The largest absolute Gasteiger partial charge is 0.497 e. The highest BCUT2D eigenvalue weighted by molar-refractivity contribution is 9.10. The number of carbonyl (C=O) groups is 1. The number of ether oxygens (including phenoxy) is 2. The van der Waals surface area contributed by atoms with E-state index in [2.05, 4.69) is 26.1 Å². The average Bonchev–Trinajstić information content (AvgIpc) is 3.08. The minimum atomic E-state index is -0.0116. The summed E-state index contributed by atoms with van der Waals surface area (Å²) in [5, 5.41) is 2.97. The average molecular weight is 419 g/mol. The minimum absolute atomic E-state index is 0.0116. The number of carbonyl (C=O) groups excluding carboxylic acids is 1. The summed E-state index contributed by atoms with van der Waals surface area (Å²) in [5.74, 6) is 1.55. The molecule has 1 aliphatic rings. The van der Waals surface area contributed by atoms with Gasteiger partial charge in [0.25, 0.3) is 0 Å². The molecule has 5 nitrogen and oxygen atoms in total. The molecular weight excluding hydrogens is 396 g/mol. The third kappa shape index (κ3) is 4.37. The number of methoxy groups -OCH3 is 2. The molecular formula is C20H23BrN2O3. The Morgan fingerprint density at radius 3 is 2.81 bits per heavy atom. The Kier molecular flexibility index (Phi) is 6.16.